The summed E-state index contributed by atoms with van der Waals surface area (Å²) in [5.41, 5.74) is 2.59. The van der Waals surface area contributed by atoms with E-state index in [1.165, 1.54) is 0 Å². The van der Waals surface area contributed by atoms with Gasteiger partial charge in [-0.05, 0) is 24.0 Å². The summed E-state index contributed by atoms with van der Waals surface area (Å²) in [7, 11) is 0. The van der Waals surface area contributed by atoms with Gasteiger partial charge < -0.3 is 10.2 Å². The molecule has 80 valence electrons. The van der Waals surface area contributed by atoms with E-state index in [-0.39, 0.29) is 0 Å². The maximum absolute atomic E-state index is 9.11. The molecule has 1 aromatic carbocycles. The first kappa shape index (κ1) is 11.7. The third-order valence-corrected chi connectivity index (χ3v) is 2.13. The van der Waals surface area contributed by atoms with Crippen LogP contribution in [0.5, 0.6) is 0 Å². The topological polar surface area (TPSA) is 40.5 Å². The Morgan fingerprint density at radius 1 is 1.00 bits per heavy atom. The quantitative estimate of drug-likeness (QED) is 0.569. The van der Waals surface area contributed by atoms with Crippen LogP contribution in [0.2, 0.25) is 0 Å². The number of benzene rings is 1. The first-order valence-electron chi connectivity index (χ1n) is 4.88. The van der Waals surface area contributed by atoms with Crippen LogP contribution >= 0.6 is 0 Å². The minimum absolute atomic E-state index is 0.520. The van der Waals surface area contributed by atoms with Gasteiger partial charge in [0.1, 0.15) is 0 Å². The average Bonchev–Trinajstić information content (AvgIpc) is 2.18. The second-order valence-corrected chi connectivity index (χ2v) is 3.44. The lowest BCUT2D eigenvalue weighted by Gasteiger charge is -2.09. The molecule has 2 heteroatoms. The Morgan fingerprint density at radius 2 is 1.47 bits per heavy atom. The zero-order valence-corrected chi connectivity index (χ0v) is 8.69. The van der Waals surface area contributed by atoms with Gasteiger partial charge >= 0.3 is 0 Å². The molecular weight excluding hydrogens is 188 g/mol. The SMILES string of the molecule is C=CCc1cc(CC=C)cc(C(O)O)c1. The number of aliphatic hydroxyl groups is 2. The third-order valence-electron chi connectivity index (χ3n) is 2.13. The van der Waals surface area contributed by atoms with Crippen LogP contribution in [0.3, 0.4) is 0 Å². The Kier molecular flexibility index (Phi) is 4.28. The highest BCUT2D eigenvalue weighted by Crippen LogP contribution is 2.17. The van der Waals surface area contributed by atoms with Crippen molar-refractivity contribution >= 4 is 0 Å². The molecule has 0 heterocycles. The monoisotopic (exact) mass is 204 g/mol. The van der Waals surface area contributed by atoms with Gasteiger partial charge in [0.15, 0.2) is 6.29 Å². The molecule has 0 aliphatic heterocycles. The van der Waals surface area contributed by atoms with Crippen molar-refractivity contribution in [2.24, 2.45) is 0 Å². The van der Waals surface area contributed by atoms with E-state index in [0.29, 0.717) is 5.56 Å². The van der Waals surface area contributed by atoms with Gasteiger partial charge in [0, 0.05) is 5.56 Å². The Balaban J connectivity index is 3.07. The van der Waals surface area contributed by atoms with Crippen LogP contribution in [0, 0.1) is 0 Å². The average molecular weight is 204 g/mol. The number of allylic oxidation sites excluding steroid dienone is 2. The normalized spacial score (nSPS) is 10.3. The van der Waals surface area contributed by atoms with E-state index >= 15 is 0 Å². The molecule has 0 aromatic heterocycles. The van der Waals surface area contributed by atoms with E-state index in [1.807, 2.05) is 6.07 Å². The van der Waals surface area contributed by atoms with E-state index in [2.05, 4.69) is 13.2 Å². The summed E-state index contributed by atoms with van der Waals surface area (Å²) in [4.78, 5) is 0. The highest BCUT2D eigenvalue weighted by molar-refractivity contribution is 5.32. The van der Waals surface area contributed by atoms with E-state index in [0.717, 1.165) is 24.0 Å². The second-order valence-electron chi connectivity index (χ2n) is 3.44. The van der Waals surface area contributed by atoms with Crippen LogP contribution in [0.15, 0.2) is 43.5 Å². The van der Waals surface area contributed by atoms with Crippen molar-refractivity contribution in [2.45, 2.75) is 19.1 Å². The van der Waals surface area contributed by atoms with Gasteiger partial charge in [0.05, 0.1) is 0 Å². The van der Waals surface area contributed by atoms with Crippen molar-refractivity contribution in [3.63, 3.8) is 0 Å². The molecule has 0 saturated heterocycles. The molecule has 2 nitrogen and oxygen atoms in total. The van der Waals surface area contributed by atoms with Crippen LogP contribution in [0.25, 0.3) is 0 Å². The molecule has 0 atom stereocenters. The van der Waals surface area contributed by atoms with Gasteiger partial charge in [-0.25, -0.2) is 0 Å². The van der Waals surface area contributed by atoms with Crippen molar-refractivity contribution in [3.8, 4) is 0 Å². The first-order valence-corrected chi connectivity index (χ1v) is 4.88. The molecule has 0 radical (unpaired) electrons. The Labute approximate surface area is 90.2 Å². The molecular formula is C13H16O2. The molecule has 0 fully saturated rings. The van der Waals surface area contributed by atoms with Crippen LogP contribution in [0.1, 0.15) is 23.0 Å². The lowest BCUT2D eigenvalue weighted by Crippen LogP contribution is -1.98. The number of rotatable bonds is 5. The van der Waals surface area contributed by atoms with Crippen molar-refractivity contribution in [2.75, 3.05) is 0 Å². The van der Waals surface area contributed by atoms with E-state index in [4.69, 9.17) is 10.2 Å². The zero-order chi connectivity index (χ0) is 11.3. The number of hydrogen-bond acceptors (Lipinski definition) is 2. The van der Waals surface area contributed by atoms with Crippen LogP contribution < -0.4 is 0 Å². The molecule has 15 heavy (non-hydrogen) atoms. The minimum Gasteiger partial charge on any atom is -0.364 e. The lowest BCUT2D eigenvalue weighted by molar-refractivity contribution is -0.0425. The molecule has 2 N–H and O–H groups in total. The minimum atomic E-state index is -1.42. The highest BCUT2D eigenvalue weighted by Gasteiger charge is 2.05. The molecule has 0 aliphatic rings. The second kappa shape index (κ2) is 5.49. The molecule has 0 amide bonds. The van der Waals surface area contributed by atoms with Gasteiger partial charge in [0.25, 0.3) is 0 Å². The Bertz CT molecular complexity index is 325. The smallest absolute Gasteiger partial charge is 0.178 e. The van der Waals surface area contributed by atoms with Gasteiger partial charge in [-0.2, -0.15) is 0 Å². The third kappa shape index (κ3) is 3.35. The molecule has 1 rings (SSSR count). The van der Waals surface area contributed by atoms with Crippen molar-refractivity contribution in [1.82, 2.24) is 0 Å². The molecule has 0 spiro atoms. The summed E-state index contributed by atoms with van der Waals surface area (Å²) >= 11 is 0. The van der Waals surface area contributed by atoms with Gasteiger partial charge in [0.2, 0.25) is 0 Å². The molecule has 0 aliphatic carbocycles. The Morgan fingerprint density at radius 3 is 1.80 bits per heavy atom. The van der Waals surface area contributed by atoms with Crippen molar-refractivity contribution in [1.29, 1.82) is 0 Å². The summed E-state index contributed by atoms with van der Waals surface area (Å²) < 4.78 is 0. The molecule has 0 saturated carbocycles. The number of aliphatic hydroxyl groups excluding tert-OH is 1. The predicted octanol–water partition coefficient (Wildman–Crippen LogP) is 2.13. The molecule has 1 aromatic rings. The van der Waals surface area contributed by atoms with E-state index in [1.54, 1.807) is 24.3 Å². The summed E-state index contributed by atoms with van der Waals surface area (Å²) in [5, 5.41) is 18.2. The molecule has 0 unspecified atom stereocenters. The molecule has 0 bridgehead atoms. The fourth-order valence-electron chi connectivity index (χ4n) is 1.51. The summed E-state index contributed by atoms with van der Waals surface area (Å²) in [5.74, 6) is 0. The van der Waals surface area contributed by atoms with E-state index in [9.17, 15) is 0 Å². The standard InChI is InChI=1S/C13H16O2/c1-3-5-10-7-11(6-4-2)9-12(8-10)13(14)15/h3-4,7-9,13-15H,1-2,5-6H2. The Hall–Kier alpha value is -1.38. The van der Waals surface area contributed by atoms with Crippen LogP contribution in [-0.2, 0) is 12.8 Å². The van der Waals surface area contributed by atoms with Gasteiger partial charge in [-0.15, -0.1) is 13.2 Å². The van der Waals surface area contributed by atoms with Crippen LogP contribution in [-0.4, -0.2) is 10.2 Å². The number of hydrogen-bond donors (Lipinski definition) is 2. The summed E-state index contributed by atoms with van der Waals surface area (Å²) in [6.45, 7) is 7.32. The highest BCUT2D eigenvalue weighted by atomic mass is 16.5. The maximum Gasteiger partial charge on any atom is 0.178 e. The lowest BCUT2D eigenvalue weighted by atomic mass is 10.0. The van der Waals surface area contributed by atoms with Crippen LogP contribution in [0.4, 0.5) is 0 Å². The predicted molar refractivity (Wildman–Crippen MR) is 61.4 cm³/mol. The van der Waals surface area contributed by atoms with Gasteiger partial charge in [-0.1, -0.05) is 30.4 Å². The summed E-state index contributed by atoms with van der Waals surface area (Å²) in [6.07, 6.45) is 3.62. The summed E-state index contributed by atoms with van der Waals surface area (Å²) in [6, 6.07) is 5.58. The van der Waals surface area contributed by atoms with Crippen molar-refractivity contribution in [3.05, 3.63) is 60.2 Å². The fraction of sp³-hybridized carbons (Fsp3) is 0.231. The maximum atomic E-state index is 9.11. The fourth-order valence-corrected chi connectivity index (χ4v) is 1.51. The largest absolute Gasteiger partial charge is 0.364 e. The van der Waals surface area contributed by atoms with E-state index < -0.39 is 6.29 Å². The zero-order valence-electron chi connectivity index (χ0n) is 8.69. The first-order chi connectivity index (χ1) is 7.17. The van der Waals surface area contributed by atoms with Crippen molar-refractivity contribution < 1.29 is 10.2 Å². The van der Waals surface area contributed by atoms with Gasteiger partial charge in [-0.3, -0.25) is 0 Å².